The summed E-state index contributed by atoms with van der Waals surface area (Å²) >= 11 is 0.148. The van der Waals surface area contributed by atoms with E-state index in [1.165, 1.54) is 30.4 Å². The third-order valence-electron chi connectivity index (χ3n) is 7.11. The molecule has 0 amide bonds. The second kappa shape index (κ2) is 10.1. The van der Waals surface area contributed by atoms with Crippen molar-refractivity contribution in [3.05, 3.63) is 133 Å². The monoisotopic (exact) mass is 565 g/mol. The van der Waals surface area contributed by atoms with Gasteiger partial charge in [0.2, 0.25) is 0 Å². The number of hydrogen-bond donors (Lipinski definition) is 0. The minimum atomic E-state index is -0.0846. The summed E-state index contributed by atoms with van der Waals surface area (Å²) in [7, 11) is 0. The fourth-order valence-corrected chi connectivity index (χ4v) is 7.86. The Labute approximate surface area is 234 Å². The SMILES string of the molecule is Cc1ccc2c(n1)[se]c1c(-c3cccc(B(c4ccccc4)c4cccc(-c5ccccc5)n4)n3)cccc12. The van der Waals surface area contributed by atoms with Gasteiger partial charge in [0.05, 0.1) is 0 Å². The maximum atomic E-state index is 5.31. The number of rotatable bonds is 5. The van der Waals surface area contributed by atoms with Crippen molar-refractivity contribution in [2.75, 3.05) is 0 Å². The van der Waals surface area contributed by atoms with E-state index in [2.05, 4.69) is 128 Å². The number of nitrogens with zero attached hydrogens (tertiary/aromatic N) is 3. The van der Waals surface area contributed by atoms with Gasteiger partial charge < -0.3 is 0 Å². The number of pyridine rings is 3. The van der Waals surface area contributed by atoms with Crippen molar-refractivity contribution in [3.63, 3.8) is 0 Å². The molecule has 4 heterocycles. The third kappa shape index (κ3) is 4.50. The number of aryl methyl sites for hydroxylation is 1. The van der Waals surface area contributed by atoms with Crippen molar-refractivity contribution >= 4 is 57.3 Å². The van der Waals surface area contributed by atoms with E-state index in [9.17, 15) is 0 Å². The Balaban J connectivity index is 1.38. The van der Waals surface area contributed by atoms with Crippen LogP contribution in [0.2, 0.25) is 0 Å². The molecule has 7 aromatic rings. The molecule has 0 N–H and O–H groups in total. The Morgan fingerprint density at radius 2 is 1.21 bits per heavy atom. The summed E-state index contributed by atoms with van der Waals surface area (Å²) in [5, 5.41) is 2.55. The molecule has 0 saturated carbocycles. The Morgan fingerprint density at radius 3 is 1.97 bits per heavy atom. The minimum absolute atomic E-state index is 0.0846. The first-order valence-electron chi connectivity index (χ1n) is 13.1. The molecule has 0 aliphatic carbocycles. The van der Waals surface area contributed by atoms with Crippen molar-refractivity contribution in [1.29, 1.82) is 0 Å². The van der Waals surface area contributed by atoms with E-state index in [1.807, 2.05) is 6.07 Å². The summed E-state index contributed by atoms with van der Waals surface area (Å²) in [6, 6.07) is 44.5. The average molecular weight is 564 g/mol. The predicted molar refractivity (Wildman–Crippen MR) is 165 cm³/mol. The number of fused-ring (bicyclic) bond motifs is 3. The van der Waals surface area contributed by atoms with Gasteiger partial charge in [0.1, 0.15) is 0 Å². The van der Waals surface area contributed by atoms with Crippen LogP contribution in [0.5, 0.6) is 0 Å². The molecule has 39 heavy (non-hydrogen) atoms. The van der Waals surface area contributed by atoms with Crippen molar-refractivity contribution in [2.45, 2.75) is 6.92 Å². The quantitative estimate of drug-likeness (QED) is 0.263. The molecule has 184 valence electrons. The zero-order chi connectivity index (χ0) is 26.2. The molecule has 0 fully saturated rings. The second-order valence-electron chi connectivity index (χ2n) is 9.69. The standard InChI is InChI=1S/C34H24BN3Se/c1-23-21-22-27-26-15-8-16-28(33(26)39-34(27)36-23)30-18-10-20-32(38-30)35(25-13-6-3-7-14-25)31-19-9-17-29(37-31)24-11-4-2-5-12-24/h2-22H,1H3. The van der Waals surface area contributed by atoms with E-state index < -0.39 is 0 Å². The molecule has 7 rings (SSSR count). The fourth-order valence-electron chi connectivity index (χ4n) is 5.26. The molecule has 0 atom stereocenters. The topological polar surface area (TPSA) is 38.7 Å². The van der Waals surface area contributed by atoms with Crippen LogP contribution in [0.25, 0.3) is 41.9 Å². The zero-order valence-electron chi connectivity index (χ0n) is 21.5. The first-order valence-corrected chi connectivity index (χ1v) is 14.8. The van der Waals surface area contributed by atoms with Crippen LogP contribution in [-0.4, -0.2) is 36.2 Å². The number of benzene rings is 3. The molecule has 0 aliphatic rings. The molecule has 5 heteroatoms. The Kier molecular flexibility index (Phi) is 6.16. The van der Waals surface area contributed by atoms with E-state index in [0.29, 0.717) is 0 Å². The van der Waals surface area contributed by atoms with Gasteiger partial charge in [-0.05, 0) is 0 Å². The van der Waals surface area contributed by atoms with Gasteiger partial charge in [-0.1, -0.05) is 6.07 Å². The molecular weight excluding hydrogens is 540 g/mol. The van der Waals surface area contributed by atoms with Crippen molar-refractivity contribution in [3.8, 4) is 22.5 Å². The van der Waals surface area contributed by atoms with Gasteiger partial charge in [-0.25, -0.2) is 0 Å². The van der Waals surface area contributed by atoms with Crippen LogP contribution in [0, 0.1) is 6.92 Å². The van der Waals surface area contributed by atoms with E-state index in [0.717, 1.165) is 33.8 Å². The van der Waals surface area contributed by atoms with Gasteiger partial charge in [0.25, 0.3) is 0 Å². The molecule has 0 bridgehead atoms. The molecule has 0 saturated heterocycles. The molecule has 3 aromatic carbocycles. The summed E-state index contributed by atoms with van der Waals surface area (Å²) in [6.45, 7) is 1.98. The Morgan fingerprint density at radius 1 is 0.538 bits per heavy atom. The predicted octanol–water partition coefficient (Wildman–Crippen LogP) is 5.39. The van der Waals surface area contributed by atoms with E-state index in [4.69, 9.17) is 15.0 Å². The van der Waals surface area contributed by atoms with Crippen LogP contribution in [0.1, 0.15) is 5.69 Å². The van der Waals surface area contributed by atoms with Crippen LogP contribution in [-0.2, 0) is 0 Å². The van der Waals surface area contributed by atoms with Crippen molar-refractivity contribution in [2.24, 2.45) is 0 Å². The zero-order valence-corrected chi connectivity index (χ0v) is 23.2. The van der Waals surface area contributed by atoms with Gasteiger partial charge in [-0.2, -0.15) is 0 Å². The molecule has 0 radical (unpaired) electrons. The van der Waals surface area contributed by atoms with E-state index in [-0.39, 0.29) is 21.2 Å². The van der Waals surface area contributed by atoms with E-state index >= 15 is 0 Å². The molecule has 0 aliphatic heterocycles. The van der Waals surface area contributed by atoms with Crippen LogP contribution in [0.4, 0.5) is 0 Å². The molecule has 4 aromatic heterocycles. The Bertz CT molecular complexity index is 1930. The van der Waals surface area contributed by atoms with Crippen molar-refractivity contribution < 1.29 is 0 Å². The van der Waals surface area contributed by atoms with Crippen LogP contribution in [0.3, 0.4) is 0 Å². The summed E-state index contributed by atoms with van der Waals surface area (Å²) in [6.07, 6.45) is 0. The summed E-state index contributed by atoms with van der Waals surface area (Å²) in [5.74, 6) is 0. The van der Waals surface area contributed by atoms with Crippen LogP contribution in [0.15, 0.2) is 127 Å². The number of aromatic nitrogens is 3. The van der Waals surface area contributed by atoms with Crippen molar-refractivity contribution in [1.82, 2.24) is 15.0 Å². The molecule has 0 unspecified atom stereocenters. The molecule has 3 nitrogen and oxygen atoms in total. The fraction of sp³-hybridized carbons (Fsp3) is 0.0294. The van der Waals surface area contributed by atoms with Gasteiger partial charge in [0.15, 0.2) is 0 Å². The second-order valence-corrected chi connectivity index (χ2v) is 11.8. The first-order chi connectivity index (χ1) is 19.2. The van der Waals surface area contributed by atoms with Gasteiger partial charge >= 0.3 is 229 Å². The van der Waals surface area contributed by atoms with E-state index in [1.54, 1.807) is 0 Å². The van der Waals surface area contributed by atoms with Crippen LogP contribution >= 0.6 is 0 Å². The maximum absolute atomic E-state index is 5.31. The van der Waals surface area contributed by atoms with Crippen LogP contribution < -0.4 is 16.6 Å². The third-order valence-corrected chi connectivity index (χ3v) is 9.52. The van der Waals surface area contributed by atoms with Gasteiger partial charge in [0, 0.05) is 0 Å². The summed E-state index contributed by atoms with van der Waals surface area (Å²) in [4.78, 5) is 15.3. The number of hydrogen-bond acceptors (Lipinski definition) is 3. The molecule has 0 spiro atoms. The average Bonchev–Trinajstić information content (AvgIpc) is 3.36. The summed E-state index contributed by atoms with van der Waals surface area (Å²) in [5.41, 5.74) is 8.50. The first kappa shape index (κ1) is 23.8. The van der Waals surface area contributed by atoms with Gasteiger partial charge in [-0.15, -0.1) is 0 Å². The summed E-state index contributed by atoms with van der Waals surface area (Å²) < 4.78 is 2.58. The normalized spacial score (nSPS) is 11.2. The Hall–Kier alpha value is -4.31. The van der Waals surface area contributed by atoms with Gasteiger partial charge in [-0.3, -0.25) is 0 Å². The molecular formula is C34H24BN3Se.